The number of nitrogens with zero attached hydrogens (tertiary/aromatic N) is 2. The van der Waals surface area contributed by atoms with Gasteiger partial charge < -0.3 is 5.11 Å². The van der Waals surface area contributed by atoms with E-state index >= 15 is 0 Å². The zero-order valence-corrected chi connectivity index (χ0v) is 8.50. The Labute approximate surface area is 88.3 Å². The van der Waals surface area contributed by atoms with E-state index in [0.29, 0.717) is 0 Å². The normalized spacial score (nSPS) is 26.2. The molecule has 78 valence electrons. The Kier molecular flexibility index (Phi) is 1.99. The molecule has 2 atom stereocenters. The maximum absolute atomic E-state index is 9.86. The Hall–Kier alpha value is -1.35. The van der Waals surface area contributed by atoms with Gasteiger partial charge in [-0.1, -0.05) is 18.2 Å². The zero-order chi connectivity index (χ0) is 10.3. The molecule has 15 heavy (non-hydrogen) atoms. The van der Waals surface area contributed by atoms with Gasteiger partial charge in [-0.2, -0.15) is 5.10 Å². The molecule has 0 bridgehead atoms. The SMILES string of the molecule is OC1CCCC1n1ncc2ccccc21. The number of hydrogen-bond donors (Lipinski definition) is 1. The lowest BCUT2D eigenvalue weighted by Gasteiger charge is -2.15. The largest absolute Gasteiger partial charge is 0.391 e. The molecule has 0 spiro atoms. The Morgan fingerprint density at radius 2 is 2.13 bits per heavy atom. The average Bonchev–Trinajstić information content (AvgIpc) is 2.83. The molecule has 1 aromatic heterocycles. The van der Waals surface area contributed by atoms with Crippen molar-refractivity contribution in [2.75, 3.05) is 0 Å². The van der Waals surface area contributed by atoms with Crippen molar-refractivity contribution in [2.45, 2.75) is 31.4 Å². The van der Waals surface area contributed by atoms with Gasteiger partial charge in [-0.3, -0.25) is 4.68 Å². The lowest BCUT2D eigenvalue weighted by molar-refractivity contribution is 0.132. The topological polar surface area (TPSA) is 38.0 Å². The van der Waals surface area contributed by atoms with Crippen LogP contribution in [0, 0.1) is 0 Å². The summed E-state index contributed by atoms with van der Waals surface area (Å²) in [6, 6.07) is 8.32. The van der Waals surface area contributed by atoms with E-state index in [1.165, 1.54) is 0 Å². The number of para-hydroxylation sites is 1. The lowest BCUT2D eigenvalue weighted by atomic mass is 10.2. The predicted octanol–water partition coefficient (Wildman–Crippen LogP) is 2.12. The fraction of sp³-hybridized carbons (Fsp3) is 0.417. The van der Waals surface area contributed by atoms with Crippen molar-refractivity contribution in [3.63, 3.8) is 0 Å². The monoisotopic (exact) mass is 202 g/mol. The molecule has 0 radical (unpaired) electrons. The molecule has 3 nitrogen and oxygen atoms in total. The van der Waals surface area contributed by atoms with Crippen LogP contribution in [0.15, 0.2) is 30.5 Å². The van der Waals surface area contributed by atoms with Crippen LogP contribution in [0.2, 0.25) is 0 Å². The fourth-order valence-electron chi connectivity index (χ4n) is 2.46. The summed E-state index contributed by atoms with van der Waals surface area (Å²) in [6.07, 6.45) is 4.68. The van der Waals surface area contributed by atoms with E-state index in [1.807, 2.05) is 23.0 Å². The second-order valence-corrected chi connectivity index (χ2v) is 4.21. The van der Waals surface area contributed by atoms with Crippen LogP contribution < -0.4 is 0 Å². The van der Waals surface area contributed by atoms with Crippen LogP contribution in [0.1, 0.15) is 25.3 Å². The van der Waals surface area contributed by atoms with Crippen molar-refractivity contribution in [2.24, 2.45) is 0 Å². The summed E-state index contributed by atoms with van der Waals surface area (Å²) in [4.78, 5) is 0. The molecule has 0 amide bonds. The fourth-order valence-corrected chi connectivity index (χ4v) is 2.46. The predicted molar refractivity (Wildman–Crippen MR) is 58.6 cm³/mol. The maximum Gasteiger partial charge on any atom is 0.0785 e. The molecule has 1 aliphatic carbocycles. The van der Waals surface area contributed by atoms with Gasteiger partial charge in [0.25, 0.3) is 0 Å². The molecule has 0 aliphatic heterocycles. The second-order valence-electron chi connectivity index (χ2n) is 4.21. The number of aliphatic hydroxyl groups is 1. The van der Waals surface area contributed by atoms with Gasteiger partial charge in [0.2, 0.25) is 0 Å². The third-order valence-corrected chi connectivity index (χ3v) is 3.26. The number of benzene rings is 1. The first-order valence-corrected chi connectivity index (χ1v) is 5.46. The van der Waals surface area contributed by atoms with Gasteiger partial charge in [0.05, 0.1) is 23.9 Å². The van der Waals surface area contributed by atoms with E-state index < -0.39 is 0 Å². The molecule has 1 aliphatic rings. The van der Waals surface area contributed by atoms with Gasteiger partial charge in [-0.25, -0.2) is 0 Å². The summed E-state index contributed by atoms with van der Waals surface area (Å²) in [5.41, 5.74) is 1.13. The standard InChI is InChI=1S/C12H14N2O/c15-12-7-3-6-11(12)14-10-5-2-1-4-9(10)8-13-14/h1-2,4-5,8,11-12,15H,3,6-7H2. The molecule has 1 N–H and O–H groups in total. The first-order valence-electron chi connectivity index (χ1n) is 5.46. The van der Waals surface area contributed by atoms with Crippen LogP contribution in [0.3, 0.4) is 0 Å². The van der Waals surface area contributed by atoms with E-state index in [9.17, 15) is 5.11 Å². The summed E-state index contributed by atoms with van der Waals surface area (Å²) in [5.74, 6) is 0. The average molecular weight is 202 g/mol. The van der Waals surface area contributed by atoms with Crippen LogP contribution in [-0.2, 0) is 0 Å². The Morgan fingerprint density at radius 1 is 1.27 bits per heavy atom. The maximum atomic E-state index is 9.86. The van der Waals surface area contributed by atoms with Crippen LogP contribution in [0.25, 0.3) is 10.9 Å². The lowest BCUT2D eigenvalue weighted by Crippen LogP contribution is -2.19. The molecular formula is C12H14N2O. The Morgan fingerprint density at radius 3 is 2.93 bits per heavy atom. The van der Waals surface area contributed by atoms with E-state index in [1.54, 1.807) is 0 Å². The quantitative estimate of drug-likeness (QED) is 0.769. The Bertz CT molecular complexity index is 477. The minimum atomic E-state index is -0.228. The van der Waals surface area contributed by atoms with E-state index in [4.69, 9.17) is 0 Å². The highest BCUT2D eigenvalue weighted by atomic mass is 16.3. The second kappa shape index (κ2) is 3.35. The summed E-state index contributed by atoms with van der Waals surface area (Å²) in [7, 11) is 0. The highest BCUT2D eigenvalue weighted by Crippen LogP contribution is 2.31. The molecule has 1 heterocycles. The van der Waals surface area contributed by atoms with Crippen LogP contribution in [0.4, 0.5) is 0 Å². The number of aromatic nitrogens is 2. The molecule has 1 saturated carbocycles. The van der Waals surface area contributed by atoms with Gasteiger partial charge >= 0.3 is 0 Å². The van der Waals surface area contributed by atoms with Gasteiger partial charge in [0.1, 0.15) is 0 Å². The van der Waals surface area contributed by atoms with Crippen molar-refractivity contribution >= 4 is 10.9 Å². The molecule has 1 aromatic carbocycles. The number of rotatable bonds is 1. The third kappa shape index (κ3) is 1.35. The van der Waals surface area contributed by atoms with Gasteiger partial charge in [-0.15, -0.1) is 0 Å². The smallest absolute Gasteiger partial charge is 0.0785 e. The molecule has 1 fully saturated rings. The molecule has 0 saturated heterocycles. The zero-order valence-electron chi connectivity index (χ0n) is 8.50. The minimum Gasteiger partial charge on any atom is -0.391 e. The summed E-state index contributed by atoms with van der Waals surface area (Å²) in [5, 5.41) is 15.4. The van der Waals surface area contributed by atoms with Crippen molar-refractivity contribution in [3.05, 3.63) is 30.5 Å². The van der Waals surface area contributed by atoms with Crippen molar-refractivity contribution < 1.29 is 5.11 Å². The van der Waals surface area contributed by atoms with Crippen molar-refractivity contribution in [1.82, 2.24) is 9.78 Å². The molecule has 3 rings (SSSR count). The van der Waals surface area contributed by atoms with Crippen molar-refractivity contribution in [1.29, 1.82) is 0 Å². The highest BCUT2D eigenvalue weighted by molar-refractivity contribution is 5.78. The number of hydrogen-bond acceptors (Lipinski definition) is 2. The molecular weight excluding hydrogens is 188 g/mol. The minimum absolute atomic E-state index is 0.171. The van der Waals surface area contributed by atoms with Crippen LogP contribution in [-0.4, -0.2) is 21.0 Å². The van der Waals surface area contributed by atoms with Crippen LogP contribution >= 0.6 is 0 Å². The first kappa shape index (κ1) is 8.92. The Balaban J connectivity index is 2.10. The van der Waals surface area contributed by atoms with E-state index in [-0.39, 0.29) is 12.1 Å². The van der Waals surface area contributed by atoms with Gasteiger partial charge in [-0.05, 0) is 25.3 Å². The molecule has 3 heteroatoms. The van der Waals surface area contributed by atoms with Crippen molar-refractivity contribution in [3.8, 4) is 0 Å². The summed E-state index contributed by atoms with van der Waals surface area (Å²) in [6.45, 7) is 0. The number of aliphatic hydroxyl groups excluding tert-OH is 1. The van der Waals surface area contributed by atoms with E-state index in [2.05, 4.69) is 17.2 Å². The third-order valence-electron chi connectivity index (χ3n) is 3.26. The molecule has 2 aromatic rings. The summed E-state index contributed by atoms with van der Waals surface area (Å²) < 4.78 is 1.98. The number of fused-ring (bicyclic) bond motifs is 1. The molecule has 2 unspecified atom stereocenters. The van der Waals surface area contributed by atoms with E-state index in [0.717, 1.165) is 30.2 Å². The highest BCUT2D eigenvalue weighted by Gasteiger charge is 2.28. The summed E-state index contributed by atoms with van der Waals surface area (Å²) >= 11 is 0. The first-order chi connectivity index (χ1) is 7.36. The van der Waals surface area contributed by atoms with Gasteiger partial charge in [0.15, 0.2) is 0 Å². The van der Waals surface area contributed by atoms with Gasteiger partial charge in [0, 0.05) is 5.39 Å². The van der Waals surface area contributed by atoms with Crippen LogP contribution in [0.5, 0.6) is 0 Å².